The molecule has 3 aromatic rings. The molecule has 0 saturated carbocycles. The Morgan fingerprint density at radius 2 is 2.07 bits per heavy atom. The van der Waals surface area contributed by atoms with Gasteiger partial charge in [-0.25, -0.2) is 4.79 Å². The highest BCUT2D eigenvalue weighted by Crippen LogP contribution is 2.31. The van der Waals surface area contributed by atoms with Crippen molar-refractivity contribution in [3.8, 4) is 0 Å². The molecule has 0 fully saturated rings. The molecule has 0 unspecified atom stereocenters. The molecule has 0 atom stereocenters. The molecule has 0 spiro atoms. The molecule has 28 heavy (non-hydrogen) atoms. The molecule has 0 N–H and O–H groups in total. The van der Waals surface area contributed by atoms with Crippen LogP contribution in [0.1, 0.15) is 35.4 Å². The van der Waals surface area contributed by atoms with Crippen molar-refractivity contribution in [2.75, 3.05) is 0 Å². The standard InChI is InChI=1S/C20H19N3O4S/c24-20-21-19(28-13-14-5-3-6-15(11-14)23(25)26)17-8-1-2-9-18(17)22(20)12-16-7-4-10-27-16/h3-7,10-11H,1-2,8-9,12-13H2. The van der Waals surface area contributed by atoms with Crippen LogP contribution in [0.15, 0.2) is 56.9 Å². The molecule has 0 aliphatic heterocycles. The average molecular weight is 397 g/mol. The van der Waals surface area contributed by atoms with E-state index in [1.165, 1.54) is 17.8 Å². The van der Waals surface area contributed by atoms with Crippen LogP contribution in [0, 0.1) is 10.1 Å². The predicted molar refractivity (Wildman–Crippen MR) is 106 cm³/mol. The van der Waals surface area contributed by atoms with Crippen LogP contribution < -0.4 is 5.69 Å². The average Bonchev–Trinajstić information content (AvgIpc) is 3.22. The largest absolute Gasteiger partial charge is 0.467 e. The lowest BCUT2D eigenvalue weighted by Gasteiger charge is -2.22. The molecule has 1 aliphatic carbocycles. The van der Waals surface area contributed by atoms with Crippen molar-refractivity contribution in [2.24, 2.45) is 0 Å². The van der Waals surface area contributed by atoms with Gasteiger partial charge >= 0.3 is 5.69 Å². The molecule has 0 radical (unpaired) electrons. The van der Waals surface area contributed by atoms with Gasteiger partial charge in [-0.05, 0) is 43.4 Å². The number of hydrogen-bond acceptors (Lipinski definition) is 6. The first-order valence-corrected chi connectivity index (χ1v) is 10.1. The van der Waals surface area contributed by atoms with Crippen LogP contribution in [-0.2, 0) is 25.1 Å². The molecule has 4 rings (SSSR count). The van der Waals surface area contributed by atoms with E-state index in [0.29, 0.717) is 12.3 Å². The van der Waals surface area contributed by atoms with Gasteiger partial charge in [0.2, 0.25) is 0 Å². The summed E-state index contributed by atoms with van der Waals surface area (Å²) in [6.07, 6.45) is 5.45. The first kappa shape index (κ1) is 18.5. The lowest BCUT2D eigenvalue weighted by atomic mass is 9.97. The van der Waals surface area contributed by atoms with E-state index in [0.717, 1.165) is 53.3 Å². The fourth-order valence-electron chi connectivity index (χ4n) is 3.50. The predicted octanol–water partition coefficient (Wildman–Crippen LogP) is 3.96. The zero-order valence-electron chi connectivity index (χ0n) is 15.2. The number of thioether (sulfide) groups is 1. The van der Waals surface area contributed by atoms with Crippen LogP contribution in [0.3, 0.4) is 0 Å². The second-order valence-corrected chi connectivity index (χ2v) is 7.68. The van der Waals surface area contributed by atoms with Gasteiger partial charge in [-0.2, -0.15) is 4.98 Å². The van der Waals surface area contributed by atoms with E-state index in [1.54, 1.807) is 23.0 Å². The number of furan rings is 1. The summed E-state index contributed by atoms with van der Waals surface area (Å²) in [6.45, 7) is 0.386. The van der Waals surface area contributed by atoms with E-state index in [1.807, 2.05) is 18.2 Å². The third-order valence-electron chi connectivity index (χ3n) is 4.84. The first-order valence-electron chi connectivity index (χ1n) is 9.13. The molecule has 8 heteroatoms. The summed E-state index contributed by atoms with van der Waals surface area (Å²) in [4.78, 5) is 27.6. The van der Waals surface area contributed by atoms with Crippen LogP contribution in [0.25, 0.3) is 0 Å². The van der Waals surface area contributed by atoms with Crippen molar-refractivity contribution in [3.63, 3.8) is 0 Å². The van der Waals surface area contributed by atoms with Gasteiger partial charge in [0.15, 0.2) is 0 Å². The van der Waals surface area contributed by atoms with E-state index in [2.05, 4.69) is 4.98 Å². The third kappa shape index (κ3) is 3.87. The number of nitro benzene ring substituents is 1. The molecule has 0 bridgehead atoms. The Labute approximate surface area is 165 Å². The molecule has 1 aliphatic rings. The van der Waals surface area contributed by atoms with E-state index in [-0.39, 0.29) is 11.4 Å². The van der Waals surface area contributed by atoms with Crippen molar-refractivity contribution in [1.29, 1.82) is 0 Å². The number of nitro groups is 1. The lowest BCUT2D eigenvalue weighted by Crippen LogP contribution is -2.30. The summed E-state index contributed by atoms with van der Waals surface area (Å²) in [5.41, 5.74) is 2.78. The van der Waals surface area contributed by atoms with E-state index < -0.39 is 4.92 Å². The van der Waals surface area contributed by atoms with Crippen LogP contribution in [0.2, 0.25) is 0 Å². The van der Waals surface area contributed by atoms with Crippen molar-refractivity contribution in [3.05, 3.63) is 85.8 Å². The topological polar surface area (TPSA) is 91.2 Å². The Morgan fingerprint density at radius 1 is 1.21 bits per heavy atom. The molecule has 7 nitrogen and oxygen atoms in total. The maximum absolute atomic E-state index is 12.7. The van der Waals surface area contributed by atoms with Crippen LogP contribution in [-0.4, -0.2) is 14.5 Å². The molecule has 2 aromatic heterocycles. The quantitative estimate of drug-likeness (QED) is 0.271. The van der Waals surface area contributed by atoms with Crippen molar-refractivity contribution in [1.82, 2.24) is 9.55 Å². The zero-order valence-corrected chi connectivity index (χ0v) is 16.0. The maximum Gasteiger partial charge on any atom is 0.349 e. The molecule has 0 saturated heterocycles. The molecule has 0 amide bonds. The molecule has 1 aromatic carbocycles. The van der Waals surface area contributed by atoms with Gasteiger partial charge in [0.1, 0.15) is 10.8 Å². The summed E-state index contributed by atoms with van der Waals surface area (Å²) in [5.74, 6) is 1.26. The first-order chi connectivity index (χ1) is 13.6. The second-order valence-electron chi connectivity index (χ2n) is 6.71. The van der Waals surface area contributed by atoms with Gasteiger partial charge < -0.3 is 4.42 Å². The van der Waals surface area contributed by atoms with Crippen molar-refractivity contribution >= 4 is 17.4 Å². The van der Waals surface area contributed by atoms with E-state index in [4.69, 9.17) is 4.42 Å². The van der Waals surface area contributed by atoms with Crippen molar-refractivity contribution < 1.29 is 9.34 Å². The lowest BCUT2D eigenvalue weighted by molar-refractivity contribution is -0.384. The molecular formula is C20H19N3O4S. The van der Waals surface area contributed by atoms with Crippen molar-refractivity contribution in [2.45, 2.75) is 43.0 Å². The summed E-state index contributed by atoms with van der Waals surface area (Å²) >= 11 is 1.47. The van der Waals surface area contributed by atoms with Gasteiger partial charge in [-0.3, -0.25) is 14.7 Å². The SMILES string of the molecule is O=c1nc(SCc2cccc([N+](=O)[O-])c2)c2c(n1Cc1ccco1)CCCC2. The van der Waals surface area contributed by atoms with Crippen LogP contribution in [0.5, 0.6) is 0 Å². The zero-order chi connectivity index (χ0) is 19.5. The fourth-order valence-corrected chi connectivity index (χ4v) is 4.52. The van der Waals surface area contributed by atoms with Crippen LogP contribution in [0.4, 0.5) is 5.69 Å². The highest BCUT2D eigenvalue weighted by Gasteiger charge is 2.21. The molecule has 144 valence electrons. The molecular weight excluding hydrogens is 378 g/mol. The normalized spacial score (nSPS) is 13.3. The Kier molecular flexibility index (Phi) is 5.29. The number of rotatable bonds is 6. The number of benzene rings is 1. The fraction of sp³-hybridized carbons (Fsp3) is 0.300. The number of nitrogens with zero attached hydrogens (tertiary/aromatic N) is 3. The van der Waals surface area contributed by atoms with Gasteiger partial charge in [0, 0.05) is 29.1 Å². The minimum atomic E-state index is -0.399. The summed E-state index contributed by atoms with van der Waals surface area (Å²) in [5, 5.41) is 11.7. The van der Waals surface area contributed by atoms with Crippen LogP contribution >= 0.6 is 11.8 Å². The monoisotopic (exact) mass is 397 g/mol. The highest BCUT2D eigenvalue weighted by atomic mass is 32.2. The Bertz CT molecular complexity index is 1060. The number of aromatic nitrogens is 2. The highest BCUT2D eigenvalue weighted by molar-refractivity contribution is 7.98. The maximum atomic E-state index is 12.7. The Hall–Kier alpha value is -2.87. The van der Waals surface area contributed by atoms with Gasteiger partial charge in [0.05, 0.1) is 17.7 Å². The third-order valence-corrected chi connectivity index (χ3v) is 5.93. The number of non-ortho nitro benzene ring substituents is 1. The number of hydrogen-bond donors (Lipinski definition) is 0. The van der Waals surface area contributed by atoms with E-state index >= 15 is 0 Å². The summed E-state index contributed by atoms with van der Waals surface area (Å²) in [7, 11) is 0. The Morgan fingerprint density at radius 3 is 2.86 bits per heavy atom. The van der Waals surface area contributed by atoms with Gasteiger partial charge in [-0.1, -0.05) is 12.1 Å². The van der Waals surface area contributed by atoms with E-state index in [9.17, 15) is 14.9 Å². The Balaban J connectivity index is 1.63. The summed E-state index contributed by atoms with van der Waals surface area (Å²) in [6, 6.07) is 10.2. The summed E-state index contributed by atoms with van der Waals surface area (Å²) < 4.78 is 7.11. The van der Waals surface area contributed by atoms with Gasteiger partial charge in [0.25, 0.3) is 5.69 Å². The minimum Gasteiger partial charge on any atom is -0.467 e. The second kappa shape index (κ2) is 8.02. The molecule has 2 heterocycles. The van der Waals surface area contributed by atoms with Gasteiger partial charge in [-0.15, -0.1) is 11.8 Å². The smallest absolute Gasteiger partial charge is 0.349 e. The minimum absolute atomic E-state index is 0.0713. The number of fused-ring (bicyclic) bond motifs is 1.